The first kappa shape index (κ1) is 24.0. The highest BCUT2D eigenvalue weighted by atomic mass is 35.5. The average molecular weight is 505 g/mol. The van der Waals surface area contributed by atoms with Gasteiger partial charge in [-0.25, -0.2) is 14.7 Å². The number of amides is 4. The van der Waals surface area contributed by atoms with Crippen LogP contribution in [0.2, 0.25) is 5.02 Å². The van der Waals surface area contributed by atoms with Crippen LogP contribution in [0.5, 0.6) is 5.75 Å². The molecule has 0 atom stereocenters. The summed E-state index contributed by atoms with van der Waals surface area (Å²) in [5.41, 5.74) is 1.09. The molecule has 8 nitrogen and oxygen atoms in total. The minimum atomic E-state index is -4.85. The topological polar surface area (TPSA) is 91.8 Å². The normalized spacial score (nSPS) is 13.8. The molecule has 1 saturated heterocycles. The Kier molecular flexibility index (Phi) is 6.61. The molecule has 1 N–H and O–H groups in total. The summed E-state index contributed by atoms with van der Waals surface area (Å²) in [4.78, 5) is 43.9. The van der Waals surface area contributed by atoms with Gasteiger partial charge in [-0.15, -0.1) is 13.2 Å². The fourth-order valence-corrected chi connectivity index (χ4v) is 3.50. The van der Waals surface area contributed by atoms with Crippen LogP contribution in [-0.4, -0.2) is 40.6 Å². The van der Waals surface area contributed by atoms with Gasteiger partial charge in [0.25, 0.3) is 11.8 Å². The van der Waals surface area contributed by atoms with Crippen LogP contribution in [0.25, 0.3) is 0 Å². The Hall–Kier alpha value is -4.12. The van der Waals surface area contributed by atoms with Crippen LogP contribution in [0.1, 0.15) is 15.9 Å². The number of hydrogen-bond donors (Lipinski definition) is 1. The molecule has 0 unspecified atom stereocenters. The number of halogens is 4. The van der Waals surface area contributed by atoms with Gasteiger partial charge in [0, 0.05) is 23.3 Å². The first-order valence-electron chi connectivity index (χ1n) is 10.1. The molecule has 1 aromatic heterocycles. The smallest absolute Gasteiger partial charge is 0.406 e. The van der Waals surface area contributed by atoms with Crippen molar-refractivity contribution in [3.8, 4) is 5.75 Å². The fraction of sp³-hybridized carbons (Fsp3) is 0.130. The summed E-state index contributed by atoms with van der Waals surface area (Å²) in [6.45, 7) is -0.183. The maximum atomic E-state index is 12.8. The lowest BCUT2D eigenvalue weighted by molar-refractivity contribution is -0.274. The van der Waals surface area contributed by atoms with Gasteiger partial charge in [-0.05, 0) is 66.2 Å². The number of pyridine rings is 1. The number of anilines is 2. The van der Waals surface area contributed by atoms with Crippen molar-refractivity contribution in [2.24, 2.45) is 0 Å². The average Bonchev–Trinajstić information content (AvgIpc) is 3.06. The van der Waals surface area contributed by atoms with Gasteiger partial charge >= 0.3 is 12.4 Å². The molecule has 0 radical (unpaired) electrons. The van der Waals surface area contributed by atoms with Crippen LogP contribution in [0, 0.1) is 0 Å². The molecule has 3 aromatic rings. The van der Waals surface area contributed by atoms with Crippen LogP contribution in [0.15, 0.2) is 66.9 Å². The van der Waals surface area contributed by atoms with Gasteiger partial charge in [-0.3, -0.25) is 9.59 Å². The molecule has 2 aromatic carbocycles. The predicted molar refractivity (Wildman–Crippen MR) is 120 cm³/mol. The predicted octanol–water partition coefficient (Wildman–Crippen LogP) is 4.85. The van der Waals surface area contributed by atoms with E-state index >= 15 is 0 Å². The minimum absolute atomic E-state index is 0.0443. The molecular formula is C23H16ClF3N4O4. The summed E-state index contributed by atoms with van der Waals surface area (Å²) >= 11 is 5.83. The van der Waals surface area contributed by atoms with Gasteiger partial charge < -0.3 is 15.0 Å². The second-order valence-electron chi connectivity index (χ2n) is 7.42. The third-order valence-electron chi connectivity index (χ3n) is 4.91. The van der Waals surface area contributed by atoms with Crippen molar-refractivity contribution in [1.29, 1.82) is 0 Å². The van der Waals surface area contributed by atoms with Crippen molar-refractivity contribution in [2.75, 3.05) is 16.8 Å². The van der Waals surface area contributed by atoms with Crippen molar-refractivity contribution in [3.05, 3.63) is 83.0 Å². The largest absolute Gasteiger partial charge is 0.573 e. The molecule has 12 heteroatoms. The van der Waals surface area contributed by atoms with E-state index in [1.165, 1.54) is 23.2 Å². The van der Waals surface area contributed by atoms with Crippen molar-refractivity contribution in [1.82, 2.24) is 9.88 Å². The zero-order valence-corrected chi connectivity index (χ0v) is 18.5. The number of nitrogens with zero attached hydrogens (tertiary/aromatic N) is 3. The summed E-state index contributed by atoms with van der Waals surface area (Å²) in [6.07, 6.45) is -3.40. The van der Waals surface area contributed by atoms with E-state index in [1.54, 1.807) is 36.4 Å². The maximum Gasteiger partial charge on any atom is 0.573 e. The van der Waals surface area contributed by atoms with E-state index in [0.29, 0.717) is 16.1 Å². The SMILES string of the molecule is O=C(Nc1cc(CN2CC(=O)N(c3ccc(OC(F)(F)F)cc3)C2=O)ccn1)c1ccc(Cl)cc1. The zero-order valence-electron chi connectivity index (χ0n) is 17.8. The molecule has 0 spiro atoms. The third-order valence-corrected chi connectivity index (χ3v) is 5.16. The van der Waals surface area contributed by atoms with E-state index < -0.39 is 30.0 Å². The Labute approximate surface area is 201 Å². The Morgan fingerprint density at radius 3 is 2.40 bits per heavy atom. The van der Waals surface area contributed by atoms with E-state index in [9.17, 15) is 27.6 Å². The molecule has 1 aliphatic rings. The van der Waals surface area contributed by atoms with Crippen molar-refractivity contribution >= 4 is 41.0 Å². The minimum Gasteiger partial charge on any atom is -0.406 e. The van der Waals surface area contributed by atoms with E-state index in [0.717, 1.165) is 17.0 Å². The van der Waals surface area contributed by atoms with Crippen LogP contribution in [0.3, 0.4) is 0 Å². The number of benzene rings is 2. The highest BCUT2D eigenvalue weighted by molar-refractivity contribution is 6.30. The number of rotatable bonds is 6. The molecule has 180 valence electrons. The number of hydrogen-bond acceptors (Lipinski definition) is 5. The zero-order chi connectivity index (χ0) is 25.2. The molecule has 0 aliphatic carbocycles. The molecule has 0 saturated carbocycles. The monoisotopic (exact) mass is 504 g/mol. The Balaban J connectivity index is 1.43. The van der Waals surface area contributed by atoms with Gasteiger partial charge in [0.1, 0.15) is 18.1 Å². The van der Waals surface area contributed by atoms with E-state index in [2.05, 4.69) is 15.0 Å². The summed E-state index contributed by atoms with van der Waals surface area (Å²) in [5, 5.41) is 3.14. The number of aromatic nitrogens is 1. The number of nitrogens with one attached hydrogen (secondary N) is 1. The van der Waals surface area contributed by atoms with Crippen LogP contribution < -0.4 is 15.0 Å². The summed E-state index contributed by atoms with van der Waals surface area (Å²) < 4.78 is 40.8. The Bertz CT molecular complexity index is 1270. The van der Waals surface area contributed by atoms with E-state index in [1.807, 2.05) is 0 Å². The fourth-order valence-electron chi connectivity index (χ4n) is 3.38. The number of carbonyl (C=O) groups is 3. The lowest BCUT2D eigenvalue weighted by Crippen LogP contribution is -2.32. The molecule has 35 heavy (non-hydrogen) atoms. The molecule has 1 aliphatic heterocycles. The van der Waals surface area contributed by atoms with Gasteiger partial charge in [0.15, 0.2) is 0 Å². The third kappa shape index (κ3) is 5.87. The van der Waals surface area contributed by atoms with Crippen molar-refractivity contribution < 1.29 is 32.3 Å². The van der Waals surface area contributed by atoms with Gasteiger partial charge in [-0.2, -0.15) is 0 Å². The second-order valence-corrected chi connectivity index (χ2v) is 7.86. The van der Waals surface area contributed by atoms with E-state index in [-0.39, 0.29) is 24.6 Å². The first-order valence-corrected chi connectivity index (χ1v) is 10.5. The number of urea groups is 1. The summed E-state index contributed by atoms with van der Waals surface area (Å²) in [6, 6.07) is 13.3. The van der Waals surface area contributed by atoms with E-state index in [4.69, 9.17) is 11.6 Å². The highest BCUT2D eigenvalue weighted by Crippen LogP contribution is 2.28. The summed E-state index contributed by atoms with van der Waals surface area (Å²) in [7, 11) is 0. The van der Waals surface area contributed by atoms with Crippen molar-refractivity contribution in [3.63, 3.8) is 0 Å². The number of ether oxygens (including phenoxy) is 1. The second kappa shape index (κ2) is 9.63. The van der Waals surface area contributed by atoms with Gasteiger partial charge in [0.05, 0.1) is 5.69 Å². The Morgan fingerprint density at radius 1 is 1.06 bits per heavy atom. The quantitative estimate of drug-likeness (QED) is 0.484. The molecule has 4 amide bonds. The standard InChI is InChI=1S/C23H16ClF3N4O4/c24-16-3-1-15(2-4-16)21(33)29-19-11-14(9-10-28-19)12-30-13-20(32)31(22(30)34)17-5-7-18(8-6-17)35-23(25,26)27/h1-11H,12-13H2,(H,28,29,33). The lowest BCUT2D eigenvalue weighted by atomic mass is 10.2. The van der Waals surface area contributed by atoms with Gasteiger partial charge in [-0.1, -0.05) is 11.6 Å². The molecule has 1 fully saturated rings. The van der Waals surface area contributed by atoms with Crippen LogP contribution >= 0.6 is 11.6 Å². The van der Waals surface area contributed by atoms with Crippen LogP contribution in [0.4, 0.5) is 29.5 Å². The lowest BCUT2D eigenvalue weighted by Gasteiger charge is -2.18. The number of alkyl halides is 3. The number of carbonyl (C=O) groups excluding carboxylic acids is 3. The van der Waals surface area contributed by atoms with Crippen molar-refractivity contribution in [2.45, 2.75) is 12.9 Å². The first-order chi connectivity index (χ1) is 16.6. The Morgan fingerprint density at radius 2 is 1.74 bits per heavy atom. The maximum absolute atomic E-state index is 12.8. The molecular weight excluding hydrogens is 489 g/mol. The molecule has 4 rings (SSSR count). The highest BCUT2D eigenvalue weighted by Gasteiger charge is 2.37. The van der Waals surface area contributed by atoms with Gasteiger partial charge in [0.2, 0.25) is 0 Å². The molecule has 0 bridgehead atoms. The summed E-state index contributed by atoms with van der Waals surface area (Å²) in [5.74, 6) is -1.16. The van der Waals surface area contributed by atoms with Crippen LogP contribution in [-0.2, 0) is 11.3 Å². The molecule has 2 heterocycles. The number of imide groups is 1.